The first-order valence-corrected chi connectivity index (χ1v) is 10.2. The minimum absolute atomic E-state index is 0.200. The zero-order chi connectivity index (χ0) is 18.1. The van der Waals surface area contributed by atoms with Gasteiger partial charge in [0.2, 0.25) is 0 Å². The van der Waals surface area contributed by atoms with Crippen molar-refractivity contribution in [2.75, 3.05) is 19.3 Å². The van der Waals surface area contributed by atoms with Gasteiger partial charge in [0, 0.05) is 36.5 Å². The van der Waals surface area contributed by atoms with Crippen LogP contribution in [0.5, 0.6) is 0 Å². The number of hydrogen-bond acceptors (Lipinski definition) is 4. The second-order valence-electron chi connectivity index (χ2n) is 6.49. The van der Waals surface area contributed by atoms with Crippen molar-refractivity contribution in [2.45, 2.75) is 18.4 Å². The van der Waals surface area contributed by atoms with E-state index in [2.05, 4.69) is 4.90 Å². The summed E-state index contributed by atoms with van der Waals surface area (Å²) in [4.78, 5) is 19.2. The number of carbonyl (C=O) groups is 1. The molecule has 2 aromatic carbocycles. The van der Waals surface area contributed by atoms with Crippen LogP contribution in [0.15, 0.2) is 53.5 Å². The van der Waals surface area contributed by atoms with Gasteiger partial charge in [-0.3, -0.25) is 0 Å². The van der Waals surface area contributed by atoms with Crippen LogP contribution in [0.1, 0.15) is 28.8 Å². The van der Waals surface area contributed by atoms with E-state index < -0.39 is 5.60 Å². The van der Waals surface area contributed by atoms with Crippen LogP contribution in [-0.2, 0) is 10.3 Å². The number of benzene rings is 2. The van der Waals surface area contributed by atoms with Crippen LogP contribution < -0.4 is 0 Å². The first kappa shape index (κ1) is 17.4. The Morgan fingerprint density at radius 3 is 2.54 bits per heavy atom. The molecule has 1 spiro atoms. The summed E-state index contributed by atoms with van der Waals surface area (Å²) in [6.45, 7) is 1.60. The normalized spacial score (nSPS) is 18.8. The highest BCUT2D eigenvalue weighted by molar-refractivity contribution is 8.13. The Balaban J connectivity index is 1.53. The molecule has 0 radical (unpaired) electrons. The highest BCUT2D eigenvalue weighted by atomic mass is 35.5. The maximum absolute atomic E-state index is 12.2. The molecule has 0 aromatic heterocycles. The van der Waals surface area contributed by atoms with Gasteiger partial charge in [0.25, 0.3) is 0 Å². The molecule has 2 aliphatic heterocycles. The van der Waals surface area contributed by atoms with Crippen molar-refractivity contribution in [1.29, 1.82) is 0 Å². The van der Waals surface area contributed by atoms with Gasteiger partial charge in [-0.05, 0) is 36.6 Å². The number of hydrogen-bond donors (Lipinski definition) is 0. The Bertz CT molecular complexity index is 858. The summed E-state index contributed by atoms with van der Waals surface area (Å²) in [6.07, 6.45) is 3.58. The van der Waals surface area contributed by atoms with Crippen LogP contribution in [0.4, 0.5) is 5.69 Å². The Hall–Kier alpha value is -1.98. The van der Waals surface area contributed by atoms with Gasteiger partial charge in [-0.2, -0.15) is 0 Å². The average molecular weight is 387 g/mol. The standard InChI is InChI=1S/C20H19ClN2O2S/c1-26-19(22-15-8-6-14(21)7-9-15)23-12-10-20(11-13-23)17-5-3-2-4-16(17)18(24)25-20/h2-9H,10-13H2,1H3/b22-19-. The van der Waals surface area contributed by atoms with Gasteiger partial charge in [0.1, 0.15) is 5.60 Å². The number of rotatable bonds is 1. The molecule has 0 aliphatic carbocycles. The van der Waals surface area contributed by atoms with Crippen LogP contribution in [0.25, 0.3) is 0 Å². The number of piperidine rings is 1. The first-order chi connectivity index (χ1) is 12.6. The van der Waals surface area contributed by atoms with E-state index in [0.717, 1.165) is 42.3 Å². The van der Waals surface area contributed by atoms with Crippen molar-refractivity contribution in [1.82, 2.24) is 4.90 Å². The molecule has 0 amide bonds. The van der Waals surface area contributed by atoms with Gasteiger partial charge >= 0.3 is 5.97 Å². The van der Waals surface area contributed by atoms with Crippen molar-refractivity contribution >= 4 is 40.2 Å². The Morgan fingerprint density at radius 1 is 1.15 bits per heavy atom. The average Bonchev–Trinajstić information content (AvgIpc) is 2.94. The number of esters is 1. The summed E-state index contributed by atoms with van der Waals surface area (Å²) in [5, 5.41) is 1.68. The Labute approximate surface area is 162 Å². The zero-order valence-electron chi connectivity index (χ0n) is 14.4. The summed E-state index contributed by atoms with van der Waals surface area (Å²) in [5.41, 5.74) is 2.15. The molecular formula is C20H19ClN2O2S. The highest BCUT2D eigenvalue weighted by Gasteiger charge is 2.47. The number of ether oxygens (including phenoxy) is 1. The van der Waals surface area contributed by atoms with E-state index in [1.807, 2.05) is 54.8 Å². The van der Waals surface area contributed by atoms with E-state index in [-0.39, 0.29) is 5.97 Å². The fraction of sp³-hybridized carbons (Fsp3) is 0.300. The van der Waals surface area contributed by atoms with Gasteiger partial charge in [-0.25, -0.2) is 9.79 Å². The largest absolute Gasteiger partial charge is 0.450 e. The second-order valence-corrected chi connectivity index (χ2v) is 7.70. The lowest BCUT2D eigenvalue weighted by atomic mass is 9.84. The second kappa shape index (κ2) is 6.97. The van der Waals surface area contributed by atoms with Gasteiger partial charge in [0.05, 0.1) is 11.3 Å². The zero-order valence-corrected chi connectivity index (χ0v) is 16.0. The smallest absolute Gasteiger partial charge is 0.339 e. The Kier molecular flexibility index (Phi) is 4.67. The molecular weight excluding hydrogens is 368 g/mol. The van der Waals surface area contributed by atoms with Gasteiger partial charge < -0.3 is 9.64 Å². The van der Waals surface area contributed by atoms with Gasteiger partial charge in [-0.15, -0.1) is 0 Å². The summed E-state index contributed by atoms with van der Waals surface area (Å²) in [7, 11) is 0. The number of aliphatic imine (C=N–C) groups is 1. The molecule has 0 atom stereocenters. The minimum Gasteiger partial charge on any atom is -0.450 e. The minimum atomic E-state index is -0.478. The summed E-state index contributed by atoms with van der Waals surface area (Å²) in [5.74, 6) is -0.200. The molecule has 26 heavy (non-hydrogen) atoms. The fourth-order valence-corrected chi connectivity index (χ4v) is 4.41. The van der Waals surface area contributed by atoms with E-state index in [9.17, 15) is 4.79 Å². The van der Waals surface area contributed by atoms with Crippen molar-refractivity contribution in [3.63, 3.8) is 0 Å². The maximum atomic E-state index is 12.2. The van der Waals surface area contributed by atoms with Gasteiger partial charge in [0.15, 0.2) is 5.17 Å². The SMILES string of the molecule is CS/C(=N\c1ccc(Cl)cc1)N1CCC2(CC1)OC(=O)c1ccccc12. The third-order valence-electron chi connectivity index (χ3n) is 5.00. The van der Waals surface area contributed by atoms with Crippen molar-refractivity contribution in [3.05, 3.63) is 64.7 Å². The topological polar surface area (TPSA) is 41.9 Å². The molecule has 0 saturated carbocycles. The maximum Gasteiger partial charge on any atom is 0.339 e. The van der Waals surface area contributed by atoms with Crippen LogP contribution in [-0.4, -0.2) is 35.4 Å². The number of thioether (sulfide) groups is 1. The highest BCUT2D eigenvalue weighted by Crippen LogP contribution is 2.44. The quantitative estimate of drug-likeness (QED) is 0.399. The van der Waals surface area contributed by atoms with E-state index in [4.69, 9.17) is 21.3 Å². The van der Waals surface area contributed by atoms with Crippen molar-refractivity contribution in [3.8, 4) is 0 Å². The van der Waals surface area contributed by atoms with Crippen molar-refractivity contribution < 1.29 is 9.53 Å². The van der Waals surface area contributed by atoms with Crippen LogP contribution in [0.2, 0.25) is 5.02 Å². The van der Waals surface area contributed by atoms with E-state index >= 15 is 0 Å². The van der Waals surface area contributed by atoms with E-state index in [1.54, 1.807) is 11.8 Å². The molecule has 2 aliphatic rings. The predicted molar refractivity (Wildman–Crippen MR) is 106 cm³/mol. The molecule has 2 heterocycles. The third-order valence-corrected chi connectivity index (χ3v) is 5.97. The number of amidine groups is 1. The van der Waals surface area contributed by atoms with Crippen LogP contribution in [0, 0.1) is 0 Å². The lowest BCUT2D eigenvalue weighted by Crippen LogP contribution is -2.44. The Morgan fingerprint density at radius 2 is 1.85 bits per heavy atom. The van der Waals surface area contributed by atoms with E-state index in [1.165, 1.54) is 0 Å². The summed E-state index contributed by atoms with van der Waals surface area (Å²) >= 11 is 7.58. The lowest BCUT2D eigenvalue weighted by molar-refractivity contribution is -0.0341. The van der Waals surface area contributed by atoms with Crippen LogP contribution in [0.3, 0.4) is 0 Å². The molecule has 0 N–H and O–H groups in total. The molecule has 0 bridgehead atoms. The number of likely N-dealkylation sites (tertiary alicyclic amines) is 1. The predicted octanol–water partition coefficient (Wildman–Crippen LogP) is 4.85. The van der Waals surface area contributed by atoms with Gasteiger partial charge in [-0.1, -0.05) is 41.6 Å². The van der Waals surface area contributed by atoms with Crippen molar-refractivity contribution in [2.24, 2.45) is 4.99 Å². The lowest BCUT2D eigenvalue weighted by Gasteiger charge is -2.39. The number of fused-ring (bicyclic) bond motifs is 2. The fourth-order valence-electron chi connectivity index (χ4n) is 3.65. The molecule has 2 aromatic rings. The number of nitrogens with zero attached hydrogens (tertiary/aromatic N) is 2. The number of carbonyl (C=O) groups excluding carboxylic acids is 1. The van der Waals surface area contributed by atoms with E-state index in [0.29, 0.717) is 10.6 Å². The molecule has 4 rings (SSSR count). The first-order valence-electron chi connectivity index (χ1n) is 8.57. The third kappa shape index (κ3) is 3.10. The molecule has 4 nitrogen and oxygen atoms in total. The molecule has 134 valence electrons. The monoisotopic (exact) mass is 386 g/mol. The molecule has 1 saturated heterocycles. The summed E-state index contributed by atoms with van der Waals surface area (Å²) < 4.78 is 5.83. The molecule has 0 unspecified atom stereocenters. The van der Waals surface area contributed by atoms with Crippen LogP contribution >= 0.6 is 23.4 Å². The molecule has 1 fully saturated rings. The molecule has 6 heteroatoms. The summed E-state index contributed by atoms with van der Waals surface area (Å²) in [6, 6.07) is 15.3. The number of halogens is 1.